The molecule has 3 heterocycles. The van der Waals surface area contributed by atoms with Crippen molar-refractivity contribution in [1.82, 2.24) is 4.68 Å². The lowest BCUT2D eigenvalue weighted by atomic mass is 10.1. The third-order valence-corrected chi connectivity index (χ3v) is 6.28. The fourth-order valence-corrected chi connectivity index (χ4v) is 4.65. The monoisotopic (exact) mass is 487 g/mol. The zero-order valence-corrected chi connectivity index (χ0v) is 19.0. The number of hydrogen-bond donors (Lipinski definition) is 0. The van der Waals surface area contributed by atoms with Crippen LogP contribution in [-0.2, 0) is 4.74 Å². The molecule has 10 heteroatoms. The Labute approximate surface area is 198 Å². The first-order chi connectivity index (χ1) is 16.7. The highest BCUT2D eigenvalue weighted by Crippen LogP contribution is 2.34. The van der Waals surface area contributed by atoms with Crippen molar-refractivity contribution in [3.05, 3.63) is 58.2 Å². The minimum Gasteiger partial charge on any atom is -0.486 e. The molecule has 2 aromatic carbocycles. The summed E-state index contributed by atoms with van der Waals surface area (Å²) in [4.78, 5) is 5.41. The highest BCUT2D eigenvalue weighted by molar-refractivity contribution is 7.07. The first-order valence-corrected chi connectivity index (χ1v) is 11.9. The number of hydrogen-bond acceptors (Lipinski definition) is 7. The second-order valence-electron chi connectivity index (χ2n) is 7.71. The number of benzene rings is 2. The van der Waals surface area contributed by atoms with Gasteiger partial charge in [-0.1, -0.05) is 12.1 Å². The smallest absolute Gasteiger partial charge is 0.387 e. The van der Waals surface area contributed by atoms with E-state index in [1.165, 1.54) is 23.6 Å². The van der Waals surface area contributed by atoms with E-state index in [1.54, 1.807) is 22.9 Å². The maximum atomic E-state index is 12.8. The van der Waals surface area contributed by atoms with Crippen molar-refractivity contribution in [3.63, 3.8) is 0 Å². The molecule has 1 atom stereocenters. The van der Waals surface area contributed by atoms with Crippen LogP contribution in [0.1, 0.15) is 18.4 Å². The van der Waals surface area contributed by atoms with E-state index in [9.17, 15) is 8.78 Å². The SMILES string of the molecule is FC(F)Oc1ccccc1C=Nn1c(-c2ccc3c(c2)OCCO3)csc1=NCC1CCCO1. The van der Waals surface area contributed by atoms with Crippen molar-refractivity contribution in [2.45, 2.75) is 25.6 Å². The lowest BCUT2D eigenvalue weighted by molar-refractivity contribution is -0.0499. The summed E-state index contributed by atoms with van der Waals surface area (Å²) in [6.45, 7) is -0.634. The van der Waals surface area contributed by atoms with Crippen molar-refractivity contribution >= 4 is 17.6 Å². The predicted octanol–water partition coefficient (Wildman–Crippen LogP) is 4.55. The standard InChI is InChI=1S/C24H23F2N3O4S/c25-23(26)33-20-6-2-1-4-17(20)13-28-29-19(15-34-24(29)27-14-18-5-3-9-30-18)16-7-8-21-22(12-16)32-11-10-31-21/h1-2,4,6-8,12-13,15,18,23H,3,5,9-11,14H2. The summed E-state index contributed by atoms with van der Waals surface area (Å²) < 4.78 is 49.1. The van der Waals surface area contributed by atoms with Crippen LogP contribution in [0.15, 0.2) is 57.9 Å². The molecule has 1 aromatic heterocycles. The molecule has 0 spiro atoms. The van der Waals surface area contributed by atoms with E-state index in [-0.39, 0.29) is 11.9 Å². The molecule has 0 radical (unpaired) electrons. The number of para-hydroxylation sites is 1. The minimum atomic E-state index is -2.92. The van der Waals surface area contributed by atoms with Crippen LogP contribution in [-0.4, -0.2) is 50.0 Å². The molecular formula is C24H23F2N3O4S. The van der Waals surface area contributed by atoms with Crippen molar-refractivity contribution in [1.29, 1.82) is 0 Å². The zero-order chi connectivity index (χ0) is 23.3. The van der Waals surface area contributed by atoms with Crippen LogP contribution in [0.25, 0.3) is 11.3 Å². The Hall–Kier alpha value is -3.24. The van der Waals surface area contributed by atoms with Gasteiger partial charge in [0.05, 0.1) is 24.6 Å². The first kappa shape index (κ1) is 22.5. The number of thiazole rings is 1. The molecule has 0 aliphatic carbocycles. The normalized spacial score (nSPS) is 18.2. The second kappa shape index (κ2) is 10.4. The van der Waals surface area contributed by atoms with Gasteiger partial charge in [0.2, 0.25) is 4.80 Å². The number of fused-ring (bicyclic) bond motifs is 1. The quantitative estimate of drug-likeness (QED) is 0.459. The first-order valence-electron chi connectivity index (χ1n) is 11.0. The molecule has 5 rings (SSSR count). The van der Waals surface area contributed by atoms with Crippen molar-refractivity contribution in [3.8, 4) is 28.5 Å². The van der Waals surface area contributed by atoms with E-state index >= 15 is 0 Å². The van der Waals surface area contributed by atoms with E-state index in [2.05, 4.69) is 9.84 Å². The van der Waals surface area contributed by atoms with E-state index in [0.29, 0.717) is 41.6 Å². The molecule has 1 unspecified atom stereocenters. The molecule has 2 aliphatic rings. The number of alkyl halides is 2. The highest BCUT2D eigenvalue weighted by atomic mass is 32.1. The van der Waals surface area contributed by atoms with Gasteiger partial charge in [0.15, 0.2) is 11.5 Å². The number of halogens is 2. The Kier molecular flexibility index (Phi) is 6.87. The summed E-state index contributed by atoms with van der Waals surface area (Å²) in [5, 5.41) is 6.57. The topological polar surface area (TPSA) is 66.6 Å². The average Bonchev–Trinajstić information content (AvgIpc) is 3.51. The Bertz CT molecular complexity index is 1230. The van der Waals surface area contributed by atoms with Crippen LogP contribution >= 0.6 is 11.3 Å². The predicted molar refractivity (Wildman–Crippen MR) is 124 cm³/mol. The molecule has 0 N–H and O–H groups in total. The van der Waals surface area contributed by atoms with E-state index < -0.39 is 6.61 Å². The third-order valence-electron chi connectivity index (χ3n) is 5.42. The number of nitrogens with zero attached hydrogens (tertiary/aromatic N) is 3. The van der Waals surface area contributed by atoms with Crippen molar-refractivity contribution in [2.75, 3.05) is 26.4 Å². The molecule has 2 aliphatic heterocycles. The Balaban J connectivity index is 1.53. The van der Waals surface area contributed by atoms with Crippen LogP contribution in [0, 0.1) is 0 Å². The summed E-state index contributed by atoms with van der Waals surface area (Å²) >= 11 is 1.45. The van der Waals surface area contributed by atoms with Crippen molar-refractivity contribution in [2.24, 2.45) is 10.1 Å². The molecule has 3 aromatic rings. The summed E-state index contributed by atoms with van der Waals surface area (Å²) in [5.74, 6) is 1.41. The Morgan fingerprint density at radius 1 is 1.12 bits per heavy atom. The number of rotatable bonds is 7. The van der Waals surface area contributed by atoms with Gasteiger partial charge in [0, 0.05) is 23.1 Å². The van der Waals surface area contributed by atoms with Gasteiger partial charge in [-0.15, -0.1) is 11.3 Å². The molecular weight excluding hydrogens is 464 g/mol. The number of ether oxygens (including phenoxy) is 4. The maximum absolute atomic E-state index is 12.8. The van der Waals surface area contributed by atoms with Gasteiger partial charge in [-0.2, -0.15) is 13.9 Å². The fourth-order valence-electron chi connectivity index (χ4n) is 3.80. The van der Waals surface area contributed by atoms with Gasteiger partial charge >= 0.3 is 6.61 Å². The van der Waals surface area contributed by atoms with E-state index in [0.717, 1.165) is 30.7 Å². The van der Waals surface area contributed by atoms with Crippen LogP contribution in [0.5, 0.6) is 17.2 Å². The van der Waals surface area contributed by atoms with E-state index in [1.807, 2.05) is 23.6 Å². The van der Waals surface area contributed by atoms with Gasteiger partial charge < -0.3 is 18.9 Å². The summed E-state index contributed by atoms with van der Waals surface area (Å²) in [7, 11) is 0. The van der Waals surface area contributed by atoms with Crippen LogP contribution in [0.3, 0.4) is 0 Å². The molecule has 0 bridgehead atoms. The highest BCUT2D eigenvalue weighted by Gasteiger charge is 2.17. The molecule has 0 saturated carbocycles. The van der Waals surface area contributed by atoms with Gasteiger partial charge in [-0.3, -0.25) is 4.99 Å². The minimum absolute atomic E-state index is 0.0517. The molecule has 0 amide bonds. The van der Waals surface area contributed by atoms with Gasteiger partial charge in [-0.05, 0) is 43.2 Å². The van der Waals surface area contributed by atoms with Gasteiger partial charge in [0.1, 0.15) is 19.0 Å². The molecule has 1 fully saturated rings. The average molecular weight is 488 g/mol. The molecule has 7 nitrogen and oxygen atoms in total. The van der Waals surface area contributed by atoms with Crippen LogP contribution < -0.4 is 19.0 Å². The van der Waals surface area contributed by atoms with Crippen LogP contribution in [0.2, 0.25) is 0 Å². The zero-order valence-electron chi connectivity index (χ0n) is 18.2. The largest absolute Gasteiger partial charge is 0.486 e. The summed E-state index contributed by atoms with van der Waals surface area (Å²) in [6.07, 6.45) is 3.60. The number of aromatic nitrogens is 1. The summed E-state index contributed by atoms with van der Waals surface area (Å²) in [6, 6.07) is 12.2. The van der Waals surface area contributed by atoms with Gasteiger partial charge in [0.25, 0.3) is 0 Å². The Morgan fingerprint density at radius 2 is 1.97 bits per heavy atom. The third kappa shape index (κ3) is 5.13. The van der Waals surface area contributed by atoms with Crippen LogP contribution in [0.4, 0.5) is 8.78 Å². The molecule has 1 saturated heterocycles. The fraction of sp³-hybridized carbons (Fsp3) is 0.333. The van der Waals surface area contributed by atoms with Crippen molar-refractivity contribution < 1.29 is 27.7 Å². The molecule has 34 heavy (non-hydrogen) atoms. The lowest BCUT2D eigenvalue weighted by Crippen LogP contribution is -2.17. The maximum Gasteiger partial charge on any atom is 0.387 e. The molecule has 178 valence electrons. The second-order valence-corrected chi connectivity index (χ2v) is 8.55. The summed E-state index contributed by atoms with van der Waals surface area (Å²) in [5.41, 5.74) is 2.09. The Morgan fingerprint density at radius 3 is 2.79 bits per heavy atom. The van der Waals surface area contributed by atoms with E-state index in [4.69, 9.17) is 19.2 Å². The lowest BCUT2D eigenvalue weighted by Gasteiger charge is -2.18. The van der Waals surface area contributed by atoms with Gasteiger partial charge in [-0.25, -0.2) is 4.68 Å².